The molecule has 2 heterocycles. The third-order valence-corrected chi connectivity index (χ3v) is 2.50. The number of fused-ring (bicyclic) bond motifs is 1. The quantitative estimate of drug-likeness (QED) is 0.465. The molecule has 14 heavy (non-hydrogen) atoms. The van der Waals surface area contributed by atoms with E-state index in [1.165, 1.54) is 17.5 Å². The number of amides is 1. The van der Waals surface area contributed by atoms with E-state index in [-0.39, 0.29) is 12.1 Å². The first-order chi connectivity index (χ1) is 6.69. The number of halogens is 1. The number of hydrogen-bond acceptors (Lipinski definition) is 4. The Hall–Kier alpha value is -1.07. The lowest BCUT2D eigenvalue weighted by Gasteiger charge is -2.32. The van der Waals surface area contributed by atoms with E-state index in [2.05, 4.69) is 4.74 Å². The van der Waals surface area contributed by atoms with E-state index >= 15 is 0 Å². The van der Waals surface area contributed by atoms with Crippen molar-refractivity contribution in [1.82, 2.24) is 4.90 Å². The van der Waals surface area contributed by atoms with Crippen LogP contribution in [0.5, 0.6) is 0 Å². The smallest absolute Gasteiger partial charge is 0.341 e. The molecular formula is C8H8ClNO4. The SMILES string of the molecule is COC(=O)C1OC2CC(=O)N2C1=CCl. The minimum Gasteiger partial charge on any atom is -0.467 e. The Labute approximate surface area is 85.2 Å². The van der Waals surface area contributed by atoms with E-state index in [1.54, 1.807) is 0 Å². The number of hydrogen-bond donors (Lipinski definition) is 0. The van der Waals surface area contributed by atoms with Crippen LogP contribution >= 0.6 is 11.6 Å². The molecule has 0 aromatic carbocycles. The summed E-state index contributed by atoms with van der Waals surface area (Å²) < 4.78 is 9.79. The highest BCUT2D eigenvalue weighted by molar-refractivity contribution is 6.26. The van der Waals surface area contributed by atoms with E-state index in [1.807, 2.05) is 0 Å². The van der Waals surface area contributed by atoms with Gasteiger partial charge in [0.25, 0.3) is 0 Å². The van der Waals surface area contributed by atoms with Gasteiger partial charge in [0.15, 0.2) is 6.10 Å². The molecule has 2 rings (SSSR count). The minimum absolute atomic E-state index is 0.0895. The van der Waals surface area contributed by atoms with E-state index in [0.29, 0.717) is 12.1 Å². The van der Waals surface area contributed by atoms with Crippen LogP contribution in [0.25, 0.3) is 0 Å². The van der Waals surface area contributed by atoms with Crippen molar-refractivity contribution >= 4 is 23.5 Å². The average molecular weight is 218 g/mol. The van der Waals surface area contributed by atoms with Gasteiger partial charge < -0.3 is 9.47 Å². The number of esters is 1. The summed E-state index contributed by atoms with van der Waals surface area (Å²) in [5.41, 5.74) is 1.54. The minimum atomic E-state index is -0.867. The topological polar surface area (TPSA) is 55.8 Å². The first-order valence-corrected chi connectivity index (χ1v) is 4.48. The highest BCUT2D eigenvalue weighted by Crippen LogP contribution is 2.37. The third kappa shape index (κ3) is 1.13. The Morgan fingerprint density at radius 3 is 3.00 bits per heavy atom. The van der Waals surface area contributed by atoms with Crippen molar-refractivity contribution in [2.45, 2.75) is 18.8 Å². The summed E-state index contributed by atoms with van der Waals surface area (Å²) in [5.74, 6) is -0.632. The maximum atomic E-state index is 11.2. The lowest BCUT2D eigenvalue weighted by atomic mass is 10.1. The summed E-state index contributed by atoms with van der Waals surface area (Å²) in [5, 5.41) is 0. The zero-order valence-corrected chi connectivity index (χ0v) is 8.15. The molecular weight excluding hydrogens is 210 g/mol. The number of carbonyl (C=O) groups excluding carboxylic acids is 2. The molecule has 0 radical (unpaired) electrons. The fraction of sp³-hybridized carbons (Fsp3) is 0.500. The highest BCUT2D eigenvalue weighted by Gasteiger charge is 2.51. The molecule has 0 bridgehead atoms. The molecule has 2 unspecified atom stereocenters. The van der Waals surface area contributed by atoms with Gasteiger partial charge in [-0.3, -0.25) is 9.69 Å². The maximum Gasteiger partial charge on any atom is 0.341 e. The standard InChI is InChI=1S/C8H8ClNO4/c1-13-8(12)7-4(3-9)10-5(11)2-6(10)14-7/h3,6-7H,2H2,1H3. The zero-order chi connectivity index (χ0) is 10.3. The van der Waals surface area contributed by atoms with Gasteiger partial charge in [-0.15, -0.1) is 0 Å². The van der Waals surface area contributed by atoms with Gasteiger partial charge in [0, 0.05) is 5.54 Å². The van der Waals surface area contributed by atoms with Crippen LogP contribution in [0.2, 0.25) is 0 Å². The molecule has 2 atom stereocenters. The Morgan fingerprint density at radius 2 is 2.50 bits per heavy atom. The lowest BCUT2D eigenvalue weighted by Crippen LogP contribution is -2.47. The van der Waals surface area contributed by atoms with Crippen LogP contribution in [0.3, 0.4) is 0 Å². The van der Waals surface area contributed by atoms with Crippen LogP contribution in [0.1, 0.15) is 6.42 Å². The van der Waals surface area contributed by atoms with Gasteiger partial charge in [0.2, 0.25) is 5.91 Å². The van der Waals surface area contributed by atoms with Crippen LogP contribution in [-0.4, -0.2) is 36.2 Å². The molecule has 76 valence electrons. The van der Waals surface area contributed by atoms with Crippen LogP contribution < -0.4 is 0 Å². The van der Waals surface area contributed by atoms with Gasteiger partial charge in [-0.05, 0) is 0 Å². The van der Waals surface area contributed by atoms with Crippen molar-refractivity contribution in [3.63, 3.8) is 0 Å². The van der Waals surface area contributed by atoms with Crippen molar-refractivity contribution in [3.8, 4) is 0 Å². The van der Waals surface area contributed by atoms with Gasteiger partial charge in [-0.25, -0.2) is 4.79 Å². The molecule has 0 aromatic heterocycles. The monoisotopic (exact) mass is 217 g/mol. The molecule has 0 aromatic rings. The summed E-state index contributed by atoms with van der Waals surface area (Å²) in [6.07, 6.45) is -0.924. The molecule has 6 heteroatoms. The fourth-order valence-corrected chi connectivity index (χ4v) is 1.77. The number of nitrogens with zero attached hydrogens (tertiary/aromatic N) is 1. The zero-order valence-electron chi connectivity index (χ0n) is 7.40. The first-order valence-electron chi connectivity index (χ1n) is 4.04. The normalized spacial score (nSPS) is 32.9. The van der Waals surface area contributed by atoms with Gasteiger partial charge >= 0.3 is 5.97 Å². The summed E-state index contributed by atoms with van der Waals surface area (Å²) in [6.45, 7) is 0. The number of carbonyl (C=O) groups is 2. The molecule has 2 saturated heterocycles. The summed E-state index contributed by atoms with van der Waals surface area (Å²) in [4.78, 5) is 23.7. The molecule has 0 N–H and O–H groups in total. The van der Waals surface area contributed by atoms with Crippen LogP contribution in [0.15, 0.2) is 11.2 Å². The Kier molecular flexibility index (Phi) is 2.20. The third-order valence-electron chi connectivity index (χ3n) is 2.27. The predicted octanol–water partition coefficient (Wildman–Crippen LogP) is 0.197. The van der Waals surface area contributed by atoms with Crippen LogP contribution in [-0.2, 0) is 19.1 Å². The number of ether oxygens (including phenoxy) is 2. The number of methoxy groups -OCH3 is 1. The van der Waals surface area contributed by atoms with Gasteiger partial charge in [0.1, 0.15) is 6.23 Å². The Bertz CT molecular complexity index is 327. The van der Waals surface area contributed by atoms with Crippen molar-refractivity contribution in [3.05, 3.63) is 11.2 Å². The molecule has 2 aliphatic rings. The maximum absolute atomic E-state index is 11.2. The molecule has 1 amide bonds. The predicted molar refractivity (Wildman–Crippen MR) is 46.1 cm³/mol. The molecule has 2 aliphatic heterocycles. The molecule has 0 spiro atoms. The molecule has 0 saturated carbocycles. The van der Waals surface area contributed by atoms with Crippen LogP contribution in [0.4, 0.5) is 0 Å². The Morgan fingerprint density at radius 1 is 1.79 bits per heavy atom. The van der Waals surface area contributed by atoms with Crippen molar-refractivity contribution in [2.24, 2.45) is 0 Å². The first kappa shape index (κ1) is 9.48. The fourth-order valence-electron chi connectivity index (χ4n) is 1.55. The molecule has 5 nitrogen and oxygen atoms in total. The summed E-state index contributed by atoms with van der Waals surface area (Å²) >= 11 is 5.52. The van der Waals surface area contributed by atoms with Crippen molar-refractivity contribution in [2.75, 3.05) is 7.11 Å². The highest BCUT2D eigenvalue weighted by atomic mass is 35.5. The van der Waals surface area contributed by atoms with E-state index in [0.717, 1.165) is 0 Å². The van der Waals surface area contributed by atoms with Crippen molar-refractivity contribution in [1.29, 1.82) is 0 Å². The number of β-lactam (4-membered cyclic amide) rings is 1. The average Bonchev–Trinajstić information content (AvgIpc) is 2.49. The van der Waals surface area contributed by atoms with E-state index < -0.39 is 12.1 Å². The van der Waals surface area contributed by atoms with E-state index in [4.69, 9.17) is 16.3 Å². The second kappa shape index (κ2) is 3.25. The molecule has 2 fully saturated rings. The largest absolute Gasteiger partial charge is 0.467 e. The second-order valence-electron chi connectivity index (χ2n) is 3.00. The van der Waals surface area contributed by atoms with Gasteiger partial charge in [-0.1, -0.05) is 11.6 Å². The van der Waals surface area contributed by atoms with Gasteiger partial charge in [0.05, 0.1) is 19.2 Å². The van der Waals surface area contributed by atoms with E-state index in [9.17, 15) is 9.59 Å². The second-order valence-corrected chi connectivity index (χ2v) is 3.21. The molecule has 0 aliphatic carbocycles. The van der Waals surface area contributed by atoms with Crippen molar-refractivity contribution < 1.29 is 19.1 Å². The van der Waals surface area contributed by atoms with Gasteiger partial charge in [-0.2, -0.15) is 0 Å². The lowest BCUT2D eigenvalue weighted by molar-refractivity contribution is -0.163. The summed E-state index contributed by atoms with van der Waals surface area (Å²) in [7, 11) is 1.26. The summed E-state index contributed by atoms with van der Waals surface area (Å²) in [6, 6.07) is 0. The number of rotatable bonds is 1. The van der Waals surface area contributed by atoms with Crippen LogP contribution in [0, 0.1) is 0 Å². The Balaban J connectivity index is 2.22.